The molecule has 3 heterocycles. The summed E-state index contributed by atoms with van der Waals surface area (Å²) in [6.07, 6.45) is 1.70. The van der Waals surface area contributed by atoms with Gasteiger partial charge in [-0.3, -0.25) is 4.79 Å². The van der Waals surface area contributed by atoms with E-state index in [1.165, 1.54) is 22.7 Å². The molecule has 1 N–H and O–H groups in total. The van der Waals surface area contributed by atoms with Crippen LogP contribution < -0.4 is 10.3 Å². The number of hydrogen-bond acceptors (Lipinski definition) is 6. The summed E-state index contributed by atoms with van der Waals surface area (Å²) in [4.78, 5) is 24.8. The largest absolute Gasteiger partial charge is 0.497 e. The van der Waals surface area contributed by atoms with E-state index in [0.717, 1.165) is 16.2 Å². The fourth-order valence-corrected chi connectivity index (χ4v) is 3.86. The quantitative estimate of drug-likeness (QED) is 0.616. The molecule has 114 valence electrons. The van der Waals surface area contributed by atoms with E-state index in [4.69, 9.17) is 4.74 Å². The maximum atomic E-state index is 12.3. The molecule has 0 saturated carbocycles. The number of methoxy groups -OCH3 is 1. The monoisotopic (exact) mass is 341 g/mol. The molecule has 4 aromatic rings. The van der Waals surface area contributed by atoms with Gasteiger partial charge in [-0.05, 0) is 35.9 Å². The zero-order valence-electron chi connectivity index (χ0n) is 12.1. The number of nitrogens with one attached hydrogen (secondary N) is 1. The Hall–Kier alpha value is -2.51. The Morgan fingerprint density at radius 2 is 2.04 bits per heavy atom. The fraction of sp³-hybridized carbons (Fsp3) is 0.0625. The summed E-state index contributed by atoms with van der Waals surface area (Å²) in [5.41, 5.74) is 1.59. The lowest BCUT2D eigenvalue weighted by Crippen LogP contribution is -2.07. The number of hydrogen-bond donors (Lipinski definition) is 1. The van der Waals surface area contributed by atoms with Crippen LogP contribution in [0.4, 0.5) is 0 Å². The summed E-state index contributed by atoms with van der Waals surface area (Å²) in [6.45, 7) is 0. The Balaban J connectivity index is 1.84. The van der Waals surface area contributed by atoms with Crippen LogP contribution in [-0.2, 0) is 0 Å². The number of benzene rings is 1. The highest BCUT2D eigenvalue weighted by Gasteiger charge is 2.12. The number of aromatic amines is 1. The number of H-pyrrole nitrogens is 1. The molecule has 4 rings (SSSR count). The van der Waals surface area contributed by atoms with E-state index in [1.807, 2.05) is 35.7 Å². The smallest absolute Gasteiger partial charge is 0.269 e. The molecule has 3 aromatic heterocycles. The average molecular weight is 341 g/mol. The Bertz CT molecular complexity index is 1020. The van der Waals surface area contributed by atoms with Gasteiger partial charge in [-0.2, -0.15) is 0 Å². The standard InChI is InChI=1S/C16H11N3O2S2/c1-21-10-4-2-9(3-5-10)12-8-11-13(23-12)15(20)19-14(18-11)16-17-6-7-22-16/h2-8H,1H3,(H,18,19,20). The van der Waals surface area contributed by atoms with Gasteiger partial charge in [0.05, 0.1) is 12.6 Å². The van der Waals surface area contributed by atoms with E-state index < -0.39 is 0 Å². The molecule has 23 heavy (non-hydrogen) atoms. The van der Waals surface area contributed by atoms with Crippen LogP contribution in [0.3, 0.4) is 0 Å². The van der Waals surface area contributed by atoms with Gasteiger partial charge in [0.15, 0.2) is 10.8 Å². The Kier molecular flexibility index (Phi) is 3.44. The van der Waals surface area contributed by atoms with Crippen LogP contribution in [0.25, 0.3) is 31.5 Å². The number of fused-ring (bicyclic) bond motifs is 1. The van der Waals surface area contributed by atoms with Crippen molar-refractivity contribution in [2.24, 2.45) is 0 Å². The number of thiazole rings is 1. The maximum absolute atomic E-state index is 12.3. The molecule has 0 aliphatic carbocycles. The normalized spacial score (nSPS) is 11.0. The van der Waals surface area contributed by atoms with Gasteiger partial charge >= 0.3 is 0 Å². The topological polar surface area (TPSA) is 67.9 Å². The lowest BCUT2D eigenvalue weighted by atomic mass is 10.2. The van der Waals surface area contributed by atoms with Crippen LogP contribution in [0, 0.1) is 0 Å². The fourth-order valence-electron chi connectivity index (χ4n) is 2.28. The van der Waals surface area contributed by atoms with E-state index in [0.29, 0.717) is 21.0 Å². The van der Waals surface area contributed by atoms with E-state index in [9.17, 15) is 4.79 Å². The third kappa shape index (κ3) is 2.54. The molecule has 5 nitrogen and oxygen atoms in total. The van der Waals surface area contributed by atoms with Crippen molar-refractivity contribution in [3.05, 3.63) is 52.3 Å². The molecule has 0 atom stereocenters. The first-order valence-corrected chi connectivity index (χ1v) is 8.52. The molecule has 0 saturated heterocycles. The highest BCUT2D eigenvalue weighted by atomic mass is 32.1. The summed E-state index contributed by atoms with van der Waals surface area (Å²) < 4.78 is 5.79. The van der Waals surface area contributed by atoms with E-state index in [-0.39, 0.29) is 5.56 Å². The predicted molar refractivity (Wildman–Crippen MR) is 93.3 cm³/mol. The van der Waals surface area contributed by atoms with Crippen LogP contribution in [0.5, 0.6) is 5.75 Å². The minimum Gasteiger partial charge on any atom is -0.497 e. The van der Waals surface area contributed by atoms with E-state index >= 15 is 0 Å². The van der Waals surface area contributed by atoms with Crippen molar-refractivity contribution >= 4 is 32.9 Å². The van der Waals surface area contributed by atoms with Crippen LogP contribution in [0.2, 0.25) is 0 Å². The summed E-state index contributed by atoms with van der Waals surface area (Å²) in [6, 6.07) is 9.68. The molecule has 0 aliphatic heterocycles. The summed E-state index contributed by atoms with van der Waals surface area (Å²) >= 11 is 2.88. The van der Waals surface area contributed by atoms with Crippen LogP contribution in [0.15, 0.2) is 46.7 Å². The van der Waals surface area contributed by atoms with Gasteiger partial charge in [0.2, 0.25) is 0 Å². The van der Waals surface area contributed by atoms with Crippen LogP contribution in [0.1, 0.15) is 0 Å². The first-order valence-electron chi connectivity index (χ1n) is 6.83. The van der Waals surface area contributed by atoms with Gasteiger partial charge in [0.1, 0.15) is 10.4 Å². The molecule has 1 aromatic carbocycles. The first-order chi connectivity index (χ1) is 11.2. The number of thiophene rings is 1. The summed E-state index contributed by atoms with van der Waals surface area (Å²) in [7, 11) is 1.64. The molecule has 0 amide bonds. The van der Waals surface area contributed by atoms with Gasteiger partial charge in [-0.15, -0.1) is 22.7 Å². The third-order valence-corrected chi connectivity index (χ3v) is 5.34. The van der Waals surface area contributed by atoms with Crippen molar-refractivity contribution in [1.29, 1.82) is 0 Å². The first kappa shape index (κ1) is 14.1. The highest BCUT2D eigenvalue weighted by molar-refractivity contribution is 7.22. The molecule has 0 spiro atoms. The van der Waals surface area contributed by atoms with E-state index in [1.54, 1.807) is 13.3 Å². The van der Waals surface area contributed by atoms with Crippen molar-refractivity contribution in [3.8, 4) is 27.0 Å². The number of aromatic nitrogens is 3. The van der Waals surface area contributed by atoms with Crippen molar-refractivity contribution in [3.63, 3.8) is 0 Å². The van der Waals surface area contributed by atoms with E-state index in [2.05, 4.69) is 15.0 Å². The molecule has 0 aliphatic rings. The van der Waals surface area contributed by atoms with Gasteiger partial charge in [-0.25, -0.2) is 9.97 Å². The minimum absolute atomic E-state index is 0.134. The molecule has 0 bridgehead atoms. The van der Waals surface area contributed by atoms with Gasteiger partial charge < -0.3 is 9.72 Å². The van der Waals surface area contributed by atoms with Gasteiger partial charge in [0.25, 0.3) is 5.56 Å². The zero-order chi connectivity index (χ0) is 15.8. The molecule has 0 fully saturated rings. The maximum Gasteiger partial charge on any atom is 0.269 e. The van der Waals surface area contributed by atoms with Gasteiger partial charge in [0, 0.05) is 16.5 Å². The van der Waals surface area contributed by atoms with Crippen molar-refractivity contribution in [2.75, 3.05) is 7.11 Å². The van der Waals surface area contributed by atoms with Crippen LogP contribution in [-0.4, -0.2) is 22.1 Å². The lowest BCUT2D eigenvalue weighted by molar-refractivity contribution is 0.415. The Labute approximate surface area is 139 Å². The highest BCUT2D eigenvalue weighted by Crippen LogP contribution is 2.32. The number of nitrogens with zero attached hydrogens (tertiary/aromatic N) is 2. The zero-order valence-corrected chi connectivity index (χ0v) is 13.7. The lowest BCUT2D eigenvalue weighted by Gasteiger charge is -2.00. The molecule has 7 heteroatoms. The SMILES string of the molecule is COc1ccc(-c2cc3nc(-c4nccs4)[nH]c(=O)c3s2)cc1. The third-order valence-electron chi connectivity index (χ3n) is 3.39. The Morgan fingerprint density at radius 1 is 1.22 bits per heavy atom. The molecule has 0 unspecified atom stereocenters. The predicted octanol–water partition coefficient (Wildman–Crippen LogP) is 3.78. The Morgan fingerprint density at radius 3 is 2.74 bits per heavy atom. The second-order valence-corrected chi connectivity index (χ2v) is 6.75. The molecule has 0 radical (unpaired) electrons. The number of ether oxygens (including phenoxy) is 1. The van der Waals surface area contributed by atoms with Crippen molar-refractivity contribution < 1.29 is 4.74 Å². The number of rotatable bonds is 3. The summed E-state index contributed by atoms with van der Waals surface area (Å²) in [5, 5.41) is 2.57. The van der Waals surface area contributed by atoms with Crippen LogP contribution >= 0.6 is 22.7 Å². The molecular weight excluding hydrogens is 330 g/mol. The van der Waals surface area contributed by atoms with Crippen molar-refractivity contribution in [1.82, 2.24) is 15.0 Å². The van der Waals surface area contributed by atoms with Gasteiger partial charge in [-0.1, -0.05) is 0 Å². The second-order valence-electron chi connectivity index (χ2n) is 4.81. The minimum atomic E-state index is -0.134. The second kappa shape index (κ2) is 5.60. The molecular formula is C16H11N3O2S2. The van der Waals surface area contributed by atoms with Crippen molar-refractivity contribution in [2.45, 2.75) is 0 Å². The summed E-state index contributed by atoms with van der Waals surface area (Å²) in [5.74, 6) is 1.31. The average Bonchev–Trinajstić information content (AvgIpc) is 3.24.